The van der Waals surface area contributed by atoms with Crippen LogP contribution in [0.15, 0.2) is 36.4 Å². The van der Waals surface area contributed by atoms with E-state index >= 15 is 0 Å². The Kier molecular flexibility index (Phi) is 6.19. The number of nitrogens with zero attached hydrogens (tertiary/aromatic N) is 1. The highest BCUT2D eigenvalue weighted by atomic mass is 16.5. The number of hydrogen-bond acceptors (Lipinski definition) is 4. The molecule has 2 aromatic rings. The number of rotatable bonds is 7. The number of methoxy groups -OCH3 is 1. The molecule has 31 heavy (non-hydrogen) atoms. The molecule has 4 rings (SSSR count). The van der Waals surface area contributed by atoms with Crippen LogP contribution in [0.5, 0.6) is 5.75 Å². The highest BCUT2D eigenvalue weighted by Gasteiger charge is 2.51. The molecule has 166 valence electrons. The van der Waals surface area contributed by atoms with E-state index in [0.717, 1.165) is 50.0 Å². The molecule has 2 fully saturated rings. The molecule has 3 amide bonds. The Labute approximate surface area is 184 Å². The topological polar surface area (TPSA) is 70.7 Å². The van der Waals surface area contributed by atoms with Crippen molar-refractivity contribution in [2.45, 2.75) is 51.6 Å². The lowest BCUT2D eigenvalue weighted by Gasteiger charge is -2.41. The van der Waals surface area contributed by atoms with Crippen LogP contribution in [-0.4, -0.2) is 42.6 Å². The maximum atomic E-state index is 12.8. The number of carbonyl (C=O) groups is 2. The predicted molar refractivity (Wildman–Crippen MR) is 122 cm³/mol. The lowest BCUT2D eigenvalue weighted by molar-refractivity contribution is -0.127. The van der Waals surface area contributed by atoms with Crippen molar-refractivity contribution < 1.29 is 14.3 Å². The average molecular weight is 424 g/mol. The number of fused-ring (bicyclic) bond motifs is 1. The van der Waals surface area contributed by atoms with Gasteiger partial charge in [-0.05, 0) is 67.6 Å². The van der Waals surface area contributed by atoms with Gasteiger partial charge in [-0.25, -0.2) is 4.79 Å². The zero-order valence-electron chi connectivity index (χ0n) is 18.7. The molecule has 6 nitrogen and oxygen atoms in total. The smallest absolute Gasteiger partial charge is 0.322 e. The van der Waals surface area contributed by atoms with Crippen LogP contribution in [0.3, 0.4) is 0 Å². The third-order valence-corrected chi connectivity index (χ3v) is 6.96. The summed E-state index contributed by atoms with van der Waals surface area (Å²) in [4.78, 5) is 27.2. The van der Waals surface area contributed by atoms with Crippen LogP contribution < -0.4 is 15.4 Å². The molecule has 2 saturated heterocycles. The SMILES string of the molecule is COc1ccc(CN2CCC([C@]3(CCC(C)C)NC(=O)NC3=O)CC2)c2ccccc12. The van der Waals surface area contributed by atoms with Crippen molar-refractivity contribution >= 4 is 22.7 Å². The summed E-state index contributed by atoms with van der Waals surface area (Å²) >= 11 is 0. The summed E-state index contributed by atoms with van der Waals surface area (Å²) in [6.45, 7) is 7.01. The van der Waals surface area contributed by atoms with E-state index in [2.05, 4.69) is 53.6 Å². The fourth-order valence-corrected chi connectivity index (χ4v) is 5.16. The van der Waals surface area contributed by atoms with Gasteiger partial charge >= 0.3 is 6.03 Å². The molecule has 0 spiro atoms. The quantitative estimate of drug-likeness (QED) is 0.659. The third kappa shape index (κ3) is 4.26. The number of imide groups is 1. The van der Waals surface area contributed by atoms with Gasteiger partial charge in [0.2, 0.25) is 0 Å². The van der Waals surface area contributed by atoms with Crippen molar-refractivity contribution in [3.8, 4) is 5.75 Å². The Bertz CT molecular complexity index is 966. The number of benzene rings is 2. The lowest BCUT2D eigenvalue weighted by atomic mass is 9.74. The highest BCUT2D eigenvalue weighted by Crippen LogP contribution is 2.36. The molecule has 2 heterocycles. The molecule has 2 N–H and O–H groups in total. The standard InChI is InChI=1S/C25H33N3O3/c1-17(2)10-13-25(23(29)26-24(30)27-25)19-11-14-28(15-12-19)16-18-8-9-22(31-3)21-7-5-4-6-20(18)21/h4-9,17,19H,10-16H2,1-3H3,(H2,26,27,29,30)/t25-/m0/s1. The van der Waals surface area contributed by atoms with Crippen molar-refractivity contribution in [3.63, 3.8) is 0 Å². The number of piperidine rings is 1. The van der Waals surface area contributed by atoms with Crippen LogP contribution in [0, 0.1) is 11.8 Å². The van der Waals surface area contributed by atoms with Gasteiger partial charge in [0.05, 0.1) is 7.11 Å². The molecular formula is C25H33N3O3. The van der Waals surface area contributed by atoms with Gasteiger partial charge < -0.3 is 10.1 Å². The first kappa shape index (κ1) is 21.6. The van der Waals surface area contributed by atoms with Crippen LogP contribution >= 0.6 is 0 Å². The predicted octanol–water partition coefficient (Wildman–Crippen LogP) is 4.07. The van der Waals surface area contributed by atoms with Gasteiger partial charge in [0.25, 0.3) is 5.91 Å². The summed E-state index contributed by atoms with van der Waals surface area (Å²) in [7, 11) is 1.71. The van der Waals surface area contributed by atoms with Gasteiger partial charge in [-0.3, -0.25) is 15.0 Å². The summed E-state index contributed by atoms with van der Waals surface area (Å²) < 4.78 is 5.53. The zero-order chi connectivity index (χ0) is 22.0. The first-order valence-corrected chi connectivity index (χ1v) is 11.3. The van der Waals surface area contributed by atoms with Crippen LogP contribution in [-0.2, 0) is 11.3 Å². The van der Waals surface area contributed by atoms with E-state index in [0.29, 0.717) is 12.3 Å². The zero-order valence-corrected chi connectivity index (χ0v) is 18.7. The molecule has 2 aliphatic rings. The van der Waals surface area contributed by atoms with E-state index in [4.69, 9.17) is 4.74 Å². The highest BCUT2D eigenvalue weighted by molar-refractivity contribution is 6.07. The Morgan fingerprint density at radius 1 is 1.10 bits per heavy atom. The van der Waals surface area contributed by atoms with Gasteiger partial charge in [-0.1, -0.05) is 44.2 Å². The van der Waals surface area contributed by atoms with Crippen LogP contribution in [0.4, 0.5) is 4.79 Å². The molecule has 6 heteroatoms. The van der Waals surface area contributed by atoms with Gasteiger partial charge in [-0.2, -0.15) is 0 Å². The number of ether oxygens (including phenoxy) is 1. The van der Waals surface area contributed by atoms with Gasteiger partial charge in [0, 0.05) is 11.9 Å². The average Bonchev–Trinajstić information content (AvgIpc) is 3.07. The molecule has 2 aliphatic heterocycles. The van der Waals surface area contributed by atoms with Crippen molar-refractivity contribution in [3.05, 3.63) is 42.0 Å². The molecule has 2 aromatic carbocycles. The van der Waals surface area contributed by atoms with E-state index in [-0.39, 0.29) is 17.9 Å². The van der Waals surface area contributed by atoms with Crippen LogP contribution in [0.25, 0.3) is 10.8 Å². The van der Waals surface area contributed by atoms with Crippen molar-refractivity contribution in [1.82, 2.24) is 15.5 Å². The first-order chi connectivity index (χ1) is 14.9. The molecule has 0 unspecified atom stereocenters. The third-order valence-electron chi connectivity index (χ3n) is 6.96. The van der Waals surface area contributed by atoms with Crippen LogP contribution in [0.2, 0.25) is 0 Å². The van der Waals surface area contributed by atoms with Gasteiger partial charge in [0.1, 0.15) is 11.3 Å². The summed E-state index contributed by atoms with van der Waals surface area (Å²) in [6, 6.07) is 12.2. The van der Waals surface area contributed by atoms with E-state index in [1.54, 1.807) is 7.11 Å². The molecule has 0 radical (unpaired) electrons. The maximum Gasteiger partial charge on any atom is 0.322 e. The molecule has 0 saturated carbocycles. The second kappa shape index (κ2) is 8.87. The number of likely N-dealkylation sites (tertiary alicyclic amines) is 1. The second-order valence-electron chi connectivity index (χ2n) is 9.34. The summed E-state index contributed by atoms with van der Waals surface area (Å²) in [5, 5.41) is 7.86. The Balaban J connectivity index is 1.47. The molecule has 0 bridgehead atoms. The molecule has 1 atom stereocenters. The summed E-state index contributed by atoms with van der Waals surface area (Å²) in [5.74, 6) is 1.41. The van der Waals surface area contributed by atoms with Gasteiger partial charge in [0.15, 0.2) is 0 Å². The van der Waals surface area contributed by atoms with E-state index in [1.807, 2.05) is 12.1 Å². The minimum absolute atomic E-state index is 0.141. The Morgan fingerprint density at radius 2 is 1.81 bits per heavy atom. The minimum Gasteiger partial charge on any atom is -0.496 e. The summed E-state index contributed by atoms with van der Waals surface area (Å²) in [5.41, 5.74) is 0.538. The largest absolute Gasteiger partial charge is 0.496 e. The first-order valence-electron chi connectivity index (χ1n) is 11.3. The fraction of sp³-hybridized carbons (Fsp3) is 0.520. The lowest BCUT2D eigenvalue weighted by Crippen LogP contribution is -2.56. The number of hydrogen-bond donors (Lipinski definition) is 2. The fourth-order valence-electron chi connectivity index (χ4n) is 5.16. The number of carbonyl (C=O) groups excluding carboxylic acids is 2. The molecular weight excluding hydrogens is 390 g/mol. The van der Waals surface area contributed by atoms with E-state index in [1.165, 1.54) is 10.9 Å². The van der Waals surface area contributed by atoms with E-state index in [9.17, 15) is 9.59 Å². The van der Waals surface area contributed by atoms with E-state index < -0.39 is 5.54 Å². The van der Waals surface area contributed by atoms with Crippen molar-refractivity contribution in [2.24, 2.45) is 11.8 Å². The number of nitrogens with one attached hydrogen (secondary N) is 2. The number of amides is 3. The number of urea groups is 1. The maximum absolute atomic E-state index is 12.8. The minimum atomic E-state index is -0.750. The van der Waals surface area contributed by atoms with Crippen molar-refractivity contribution in [2.75, 3.05) is 20.2 Å². The second-order valence-corrected chi connectivity index (χ2v) is 9.34. The normalized spacial score (nSPS) is 22.7. The molecule has 0 aliphatic carbocycles. The van der Waals surface area contributed by atoms with Gasteiger partial charge in [-0.15, -0.1) is 0 Å². The Morgan fingerprint density at radius 3 is 2.42 bits per heavy atom. The molecule has 0 aromatic heterocycles. The summed E-state index contributed by atoms with van der Waals surface area (Å²) in [6.07, 6.45) is 3.43. The van der Waals surface area contributed by atoms with Crippen LogP contribution in [0.1, 0.15) is 45.1 Å². The Hall–Kier alpha value is -2.60. The monoisotopic (exact) mass is 423 g/mol. The van der Waals surface area contributed by atoms with Crippen molar-refractivity contribution in [1.29, 1.82) is 0 Å².